The number of hydrogen-bond acceptors (Lipinski definition) is 5. The largest absolute Gasteiger partial charge is 0.497 e. The molecule has 0 aliphatic heterocycles. The molecule has 138 valence electrons. The van der Waals surface area contributed by atoms with Gasteiger partial charge in [-0.05, 0) is 49.2 Å². The van der Waals surface area contributed by atoms with Crippen molar-refractivity contribution in [3.05, 3.63) is 59.9 Å². The normalized spacial score (nSPS) is 13.6. The molecule has 0 unspecified atom stereocenters. The van der Waals surface area contributed by atoms with Crippen molar-refractivity contribution in [3.63, 3.8) is 0 Å². The summed E-state index contributed by atoms with van der Waals surface area (Å²) >= 11 is 1.34. The second-order valence-corrected chi connectivity index (χ2v) is 7.27. The van der Waals surface area contributed by atoms with Crippen LogP contribution in [0.5, 0.6) is 5.75 Å². The molecule has 27 heavy (non-hydrogen) atoms. The molecule has 1 aliphatic carbocycles. The number of ketones is 1. The van der Waals surface area contributed by atoms with Gasteiger partial charge >= 0.3 is 0 Å². The van der Waals surface area contributed by atoms with Gasteiger partial charge < -0.3 is 4.74 Å². The lowest BCUT2D eigenvalue weighted by Gasteiger charge is -2.09. The summed E-state index contributed by atoms with van der Waals surface area (Å²) in [7, 11) is 1.59. The van der Waals surface area contributed by atoms with Crippen LogP contribution in [0.4, 0.5) is 4.39 Å². The molecule has 0 bridgehead atoms. The molecule has 1 saturated carbocycles. The number of carbonyl (C=O) groups is 1. The van der Waals surface area contributed by atoms with Crippen LogP contribution in [-0.4, -0.2) is 33.4 Å². The van der Waals surface area contributed by atoms with Crippen molar-refractivity contribution in [3.8, 4) is 17.1 Å². The fraction of sp³-hybridized carbons (Fsp3) is 0.250. The van der Waals surface area contributed by atoms with Gasteiger partial charge in [-0.1, -0.05) is 23.9 Å². The molecule has 4 rings (SSSR count). The molecule has 1 heterocycles. The molecular weight excluding hydrogens is 365 g/mol. The predicted octanol–water partition coefficient (Wildman–Crippen LogP) is 4.40. The van der Waals surface area contributed by atoms with E-state index in [1.807, 2.05) is 4.57 Å². The van der Waals surface area contributed by atoms with Crippen molar-refractivity contribution >= 4 is 17.5 Å². The summed E-state index contributed by atoms with van der Waals surface area (Å²) in [6.07, 6.45) is 2.03. The lowest BCUT2D eigenvalue weighted by Crippen LogP contribution is -2.05. The first-order valence-corrected chi connectivity index (χ1v) is 9.66. The summed E-state index contributed by atoms with van der Waals surface area (Å²) in [6.45, 7) is 0. The van der Waals surface area contributed by atoms with Crippen LogP contribution in [0, 0.1) is 5.82 Å². The Kier molecular flexibility index (Phi) is 4.94. The smallest absolute Gasteiger partial charge is 0.192 e. The van der Waals surface area contributed by atoms with Gasteiger partial charge in [-0.2, -0.15) is 0 Å². The first-order valence-electron chi connectivity index (χ1n) is 8.67. The van der Waals surface area contributed by atoms with Crippen LogP contribution >= 0.6 is 11.8 Å². The highest BCUT2D eigenvalue weighted by molar-refractivity contribution is 7.99. The molecule has 0 N–H and O–H groups in total. The molecule has 7 heteroatoms. The first-order chi connectivity index (χ1) is 13.2. The lowest BCUT2D eigenvalue weighted by molar-refractivity contribution is 0.102. The molecule has 2 aromatic carbocycles. The summed E-state index contributed by atoms with van der Waals surface area (Å²) in [5.74, 6) is 1.16. The van der Waals surface area contributed by atoms with Crippen molar-refractivity contribution in [2.75, 3.05) is 12.9 Å². The maximum atomic E-state index is 14.2. The monoisotopic (exact) mass is 383 g/mol. The highest BCUT2D eigenvalue weighted by atomic mass is 32.2. The van der Waals surface area contributed by atoms with Gasteiger partial charge in [0.1, 0.15) is 11.6 Å². The van der Waals surface area contributed by atoms with Crippen LogP contribution in [0.15, 0.2) is 53.7 Å². The minimum absolute atomic E-state index is 0.000409. The Morgan fingerprint density at radius 3 is 2.59 bits per heavy atom. The van der Waals surface area contributed by atoms with Crippen molar-refractivity contribution in [1.29, 1.82) is 0 Å². The van der Waals surface area contributed by atoms with Gasteiger partial charge in [0, 0.05) is 11.6 Å². The van der Waals surface area contributed by atoms with Gasteiger partial charge in [0.25, 0.3) is 0 Å². The first kappa shape index (κ1) is 17.7. The number of Topliss-reactive ketones (excluding diaryl/α,β-unsaturated/α-hetero) is 1. The molecule has 1 fully saturated rings. The number of hydrogen-bond donors (Lipinski definition) is 0. The fourth-order valence-corrected chi connectivity index (χ4v) is 3.75. The van der Waals surface area contributed by atoms with Gasteiger partial charge in [0.05, 0.1) is 18.4 Å². The number of nitrogens with zero attached hydrogens (tertiary/aromatic N) is 3. The summed E-state index contributed by atoms with van der Waals surface area (Å²) in [6, 6.07) is 13.9. The van der Waals surface area contributed by atoms with E-state index in [2.05, 4.69) is 10.2 Å². The molecule has 5 nitrogen and oxygen atoms in total. The molecular formula is C20H18FN3O2S. The fourth-order valence-electron chi connectivity index (χ4n) is 2.85. The Bertz CT molecular complexity index is 968. The van der Waals surface area contributed by atoms with Crippen molar-refractivity contribution in [2.24, 2.45) is 0 Å². The van der Waals surface area contributed by atoms with Crippen LogP contribution < -0.4 is 4.74 Å². The quantitative estimate of drug-likeness (QED) is 0.447. The maximum absolute atomic E-state index is 14.2. The van der Waals surface area contributed by atoms with Crippen LogP contribution in [0.1, 0.15) is 29.2 Å². The van der Waals surface area contributed by atoms with E-state index < -0.39 is 0 Å². The zero-order chi connectivity index (χ0) is 18.8. The summed E-state index contributed by atoms with van der Waals surface area (Å²) in [5.41, 5.74) is 1.06. The summed E-state index contributed by atoms with van der Waals surface area (Å²) in [4.78, 5) is 12.5. The number of methoxy groups -OCH3 is 1. The lowest BCUT2D eigenvalue weighted by atomic mass is 10.1. The van der Waals surface area contributed by atoms with Gasteiger partial charge in [0.15, 0.2) is 16.8 Å². The second kappa shape index (κ2) is 7.52. The van der Waals surface area contributed by atoms with E-state index in [0.717, 1.165) is 12.8 Å². The van der Waals surface area contributed by atoms with Crippen LogP contribution in [-0.2, 0) is 0 Å². The second-order valence-electron chi connectivity index (χ2n) is 6.33. The number of carbonyl (C=O) groups excluding carboxylic acids is 1. The Labute approximate surface area is 160 Å². The molecule has 0 spiro atoms. The number of halogens is 1. The zero-order valence-corrected chi connectivity index (χ0v) is 15.6. The average Bonchev–Trinajstić information content (AvgIpc) is 3.46. The van der Waals surface area contributed by atoms with Gasteiger partial charge in [0.2, 0.25) is 0 Å². The van der Waals surface area contributed by atoms with Crippen LogP contribution in [0.25, 0.3) is 11.4 Å². The van der Waals surface area contributed by atoms with E-state index in [4.69, 9.17) is 4.74 Å². The van der Waals surface area contributed by atoms with Crippen LogP contribution in [0.2, 0.25) is 0 Å². The summed E-state index contributed by atoms with van der Waals surface area (Å²) < 4.78 is 21.3. The number of thioether (sulfide) groups is 1. The van der Waals surface area contributed by atoms with E-state index in [0.29, 0.717) is 27.9 Å². The average molecular weight is 383 g/mol. The third-order valence-electron chi connectivity index (χ3n) is 4.44. The molecule has 1 aromatic heterocycles. The highest BCUT2D eigenvalue weighted by Gasteiger charge is 2.31. The van der Waals surface area contributed by atoms with Crippen molar-refractivity contribution < 1.29 is 13.9 Å². The number of aromatic nitrogens is 3. The Morgan fingerprint density at radius 1 is 1.19 bits per heavy atom. The van der Waals surface area contributed by atoms with Crippen molar-refractivity contribution in [2.45, 2.75) is 24.0 Å². The maximum Gasteiger partial charge on any atom is 0.192 e. The molecule has 3 aromatic rings. The molecule has 0 atom stereocenters. The molecule has 0 saturated heterocycles. The summed E-state index contributed by atoms with van der Waals surface area (Å²) in [5, 5.41) is 9.08. The van der Waals surface area contributed by atoms with E-state index in [-0.39, 0.29) is 23.4 Å². The standard InChI is InChI=1S/C20H18FN3O2S/c1-26-15-10-6-13(7-11-15)18(25)12-27-20-23-22-19(24(20)14-8-9-14)16-4-2-3-5-17(16)21/h2-7,10-11,14H,8-9,12H2,1H3. The van der Waals surface area contributed by atoms with Gasteiger partial charge in [-0.25, -0.2) is 4.39 Å². The van der Waals surface area contributed by atoms with Gasteiger partial charge in [-0.3, -0.25) is 9.36 Å². The minimum atomic E-state index is -0.322. The Balaban J connectivity index is 1.54. The third kappa shape index (κ3) is 3.73. The van der Waals surface area contributed by atoms with Crippen LogP contribution in [0.3, 0.4) is 0 Å². The van der Waals surface area contributed by atoms with E-state index >= 15 is 0 Å². The van der Waals surface area contributed by atoms with E-state index in [9.17, 15) is 9.18 Å². The minimum Gasteiger partial charge on any atom is -0.497 e. The van der Waals surface area contributed by atoms with Gasteiger partial charge in [-0.15, -0.1) is 10.2 Å². The number of rotatable bonds is 7. The number of ether oxygens (including phenoxy) is 1. The van der Waals surface area contributed by atoms with E-state index in [1.165, 1.54) is 17.8 Å². The highest BCUT2D eigenvalue weighted by Crippen LogP contribution is 2.41. The third-order valence-corrected chi connectivity index (χ3v) is 5.38. The van der Waals surface area contributed by atoms with Crippen molar-refractivity contribution in [1.82, 2.24) is 14.8 Å². The Morgan fingerprint density at radius 2 is 1.93 bits per heavy atom. The molecule has 1 aliphatic rings. The Hall–Kier alpha value is -2.67. The molecule has 0 radical (unpaired) electrons. The topological polar surface area (TPSA) is 57.0 Å². The number of benzene rings is 2. The predicted molar refractivity (Wildman–Crippen MR) is 102 cm³/mol. The SMILES string of the molecule is COc1ccc(C(=O)CSc2nnc(-c3ccccc3F)n2C2CC2)cc1. The molecule has 0 amide bonds. The zero-order valence-electron chi connectivity index (χ0n) is 14.8. The van der Waals surface area contributed by atoms with E-state index in [1.54, 1.807) is 49.6 Å².